The van der Waals surface area contributed by atoms with Crippen LogP contribution in [0.25, 0.3) is 0 Å². The van der Waals surface area contributed by atoms with Gasteiger partial charge < -0.3 is 15.2 Å². The summed E-state index contributed by atoms with van der Waals surface area (Å²) < 4.78 is 5.32. The standard InChI is InChI=1S/C15H30N2O2/c1-13(14-5-3-2-4-6-14)16-11-15(18)12-17-7-9-19-10-8-17/h13-16,18H,2-12H2,1H3/t13-,15?/m1/s1. The minimum absolute atomic E-state index is 0.260. The number of nitrogens with zero attached hydrogens (tertiary/aromatic N) is 1. The third-order valence-corrected chi connectivity index (χ3v) is 4.61. The Bertz CT molecular complexity index is 238. The van der Waals surface area contributed by atoms with E-state index in [4.69, 9.17) is 4.74 Å². The highest BCUT2D eigenvalue weighted by atomic mass is 16.5. The number of aliphatic hydroxyl groups is 1. The van der Waals surface area contributed by atoms with Crippen molar-refractivity contribution in [1.29, 1.82) is 0 Å². The van der Waals surface area contributed by atoms with Gasteiger partial charge in [0.25, 0.3) is 0 Å². The van der Waals surface area contributed by atoms with Crippen LogP contribution in [0.15, 0.2) is 0 Å². The predicted octanol–water partition coefficient (Wildman–Crippen LogP) is 1.24. The number of ether oxygens (including phenoxy) is 1. The Labute approximate surface area is 117 Å². The zero-order chi connectivity index (χ0) is 13.5. The van der Waals surface area contributed by atoms with Gasteiger partial charge >= 0.3 is 0 Å². The van der Waals surface area contributed by atoms with Gasteiger partial charge in [-0.2, -0.15) is 0 Å². The molecule has 0 amide bonds. The van der Waals surface area contributed by atoms with Crippen molar-refractivity contribution >= 4 is 0 Å². The molecule has 2 fully saturated rings. The molecule has 2 atom stereocenters. The zero-order valence-corrected chi connectivity index (χ0v) is 12.3. The fourth-order valence-corrected chi connectivity index (χ4v) is 3.27. The molecule has 1 aliphatic heterocycles. The quantitative estimate of drug-likeness (QED) is 0.762. The molecule has 4 nitrogen and oxygen atoms in total. The average Bonchev–Trinajstić information content (AvgIpc) is 2.47. The molecule has 0 aromatic heterocycles. The molecule has 0 radical (unpaired) electrons. The van der Waals surface area contributed by atoms with E-state index in [-0.39, 0.29) is 6.10 Å². The van der Waals surface area contributed by atoms with Crippen LogP contribution in [0.3, 0.4) is 0 Å². The maximum absolute atomic E-state index is 10.1. The number of morpholine rings is 1. The van der Waals surface area contributed by atoms with E-state index >= 15 is 0 Å². The Kier molecular flexibility index (Phi) is 6.57. The van der Waals surface area contributed by atoms with E-state index < -0.39 is 0 Å². The van der Waals surface area contributed by atoms with E-state index in [0.717, 1.165) is 45.3 Å². The molecular weight excluding hydrogens is 240 g/mol. The highest BCUT2D eigenvalue weighted by Crippen LogP contribution is 2.26. The Morgan fingerprint density at radius 1 is 1.21 bits per heavy atom. The summed E-state index contributed by atoms with van der Waals surface area (Å²) in [6, 6.07) is 0.541. The SMILES string of the molecule is C[C@@H](NCC(O)CN1CCOCC1)C1CCCCC1. The molecule has 1 unspecified atom stereocenters. The van der Waals surface area contributed by atoms with Gasteiger partial charge in [0.05, 0.1) is 19.3 Å². The summed E-state index contributed by atoms with van der Waals surface area (Å²) in [5.41, 5.74) is 0. The summed E-state index contributed by atoms with van der Waals surface area (Å²) in [7, 11) is 0. The first-order valence-corrected chi connectivity index (χ1v) is 7.97. The molecule has 1 saturated heterocycles. The molecule has 1 aliphatic carbocycles. The Hall–Kier alpha value is -0.160. The lowest BCUT2D eigenvalue weighted by atomic mass is 9.84. The lowest BCUT2D eigenvalue weighted by molar-refractivity contribution is 0.0141. The maximum atomic E-state index is 10.1. The number of hydrogen-bond donors (Lipinski definition) is 2. The zero-order valence-electron chi connectivity index (χ0n) is 12.3. The van der Waals surface area contributed by atoms with Gasteiger partial charge in [0.2, 0.25) is 0 Å². The molecule has 19 heavy (non-hydrogen) atoms. The van der Waals surface area contributed by atoms with E-state index in [1.807, 2.05) is 0 Å². The van der Waals surface area contributed by atoms with Crippen LogP contribution in [0.4, 0.5) is 0 Å². The maximum Gasteiger partial charge on any atom is 0.0791 e. The Morgan fingerprint density at radius 3 is 2.58 bits per heavy atom. The Morgan fingerprint density at radius 2 is 1.89 bits per heavy atom. The topological polar surface area (TPSA) is 44.7 Å². The first-order chi connectivity index (χ1) is 9.25. The molecule has 4 heteroatoms. The highest BCUT2D eigenvalue weighted by Gasteiger charge is 2.21. The van der Waals surface area contributed by atoms with Gasteiger partial charge in [0, 0.05) is 32.2 Å². The van der Waals surface area contributed by atoms with Crippen molar-refractivity contribution in [2.45, 2.75) is 51.2 Å². The first-order valence-electron chi connectivity index (χ1n) is 7.97. The van der Waals surface area contributed by atoms with Gasteiger partial charge in [0.15, 0.2) is 0 Å². The van der Waals surface area contributed by atoms with Crippen molar-refractivity contribution in [1.82, 2.24) is 10.2 Å². The van der Waals surface area contributed by atoms with Crippen molar-refractivity contribution in [2.24, 2.45) is 5.92 Å². The van der Waals surface area contributed by atoms with Crippen LogP contribution in [-0.4, -0.2) is 61.5 Å². The second-order valence-corrected chi connectivity index (χ2v) is 6.16. The minimum atomic E-state index is -0.260. The summed E-state index contributed by atoms with van der Waals surface area (Å²) in [6.07, 6.45) is 6.62. The van der Waals surface area contributed by atoms with Gasteiger partial charge in [-0.25, -0.2) is 0 Å². The number of nitrogens with one attached hydrogen (secondary N) is 1. The molecule has 0 aromatic carbocycles. The number of β-amino-alcohol motifs (C(OH)–C–C–N with tert-alkyl or cyclic N) is 1. The van der Waals surface area contributed by atoms with E-state index in [2.05, 4.69) is 17.1 Å². The smallest absolute Gasteiger partial charge is 0.0791 e. The lowest BCUT2D eigenvalue weighted by Gasteiger charge is -2.31. The van der Waals surface area contributed by atoms with Gasteiger partial charge in [-0.1, -0.05) is 19.3 Å². The monoisotopic (exact) mass is 270 g/mol. The fourth-order valence-electron chi connectivity index (χ4n) is 3.27. The third kappa shape index (κ3) is 5.38. The summed E-state index contributed by atoms with van der Waals surface area (Å²) in [5.74, 6) is 0.810. The van der Waals surface area contributed by atoms with Crippen LogP contribution in [0, 0.1) is 5.92 Å². The summed E-state index contributed by atoms with van der Waals surface area (Å²) in [4.78, 5) is 2.29. The van der Waals surface area contributed by atoms with E-state index in [0.29, 0.717) is 6.04 Å². The van der Waals surface area contributed by atoms with E-state index in [1.165, 1.54) is 32.1 Å². The van der Waals surface area contributed by atoms with Gasteiger partial charge in [-0.15, -0.1) is 0 Å². The molecule has 2 aliphatic rings. The summed E-state index contributed by atoms with van der Waals surface area (Å²) in [6.45, 7) is 7.28. The van der Waals surface area contributed by atoms with Crippen LogP contribution in [-0.2, 0) is 4.74 Å². The number of hydrogen-bond acceptors (Lipinski definition) is 4. The van der Waals surface area contributed by atoms with Crippen molar-refractivity contribution in [2.75, 3.05) is 39.4 Å². The Balaban J connectivity index is 1.60. The predicted molar refractivity (Wildman–Crippen MR) is 77.3 cm³/mol. The molecular formula is C15H30N2O2. The van der Waals surface area contributed by atoms with Gasteiger partial charge in [0.1, 0.15) is 0 Å². The fraction of sp³-hybridized carbons (Fsp3) is 1.00. The van der Waals surface area contributed by atoms with E-state index in [9.17, 15) is 5.11 Å². The largest absolute Gasteiger partial charge is 0.390 e. The van der Waals surface area contributed by atoms with Gasteiger partial charge in [-0.05, 0) is 25.7 Å². The molecule has 2 N–H and O–H groups in total. The molecule has 2 rings (SSSR count). The third-order valence-electron chi connectivity index (χ3n) is 4.61. The first kappa shape index (κ1) is 15.2. The van der Waals surface area contributed by atoms with Gasteiger partial charge in [-0.3, -0.25) is 4.90 Å². The normalized spacial score (nSPS) is 26.2. The molecule has 112 valence electrons. The van der Waals surface area contributed by atoms with Crippen molar-refractivity contribution < 1.29 is 9.84 Å². The number of aliphatic hydroxyl groups excluding tert-OH is 1. The van der Waals surface area contributed by atoms with Crippen LogP contribution < -0.4 is 5.32 Å². The lowest BCUT2D eigenvalue weighted by Crippen LogP contribution is -2.46. The van der Waals surface area contributed by atoms with Crippen LogP contribution in [0.2, 0.25) is 0 Å². The molecule has 0 bridgehead atoms. The minimum Gasteiger partial charge on any atom is -0.390 e. The van der Waals surface area contributed by atoms with Crippen molar-refractivity contribution in [3.8, 4) is 0 Å². The van der Waals surface area contributed by atoms with Crippen LogP contribution in [0.5, 0.6) is 0 Å². The molecule has 0 aromatic rings. The van der Waals surface area contributed by atoms with Crippen LogP contribution >= 0.6 is 0 Å². The molecule has 0 spiro atoms. The van der Waals surface area contributed by atoms with Crippen molar-refractivity contribution in [3.63, 3.8) is 0 Å². The molecule has 1 saturated carbocycles. The van der Waals surface area contributed by atoms with Crippen LogP contribution in [0.1, 0.15) is 39.0 Å². The number of rotatable bonds is 6. The summed E-state index contributed by atoms with van der Waals surface area (Å²) in [5, 5.41) is 13.6. The summed E-state index contributed by atoms with van der Waals surface area (Å²) >= 11 is 0. The second-order valence-electron chi connectivity index (χ2n) is 6.16. The molecule has 1 heterocycles. The van der Waals surface area contributed by atoms with Crippen molar-refractivity contribution in [3.05, 3.63) is 0 Å². The second kappa shape index (κ2) is 8.20. The highest BCUT2D eigenvalue weighted by molar-refractivity contribution is 4.78. The van der Waals surface area contributed by atoms with E-state index in [1.54, 1.807) is 0 Å². The average molecular weight is 270 g/mol.